The quantitative estimate of drug-likeness (QED) is 0.828. The minimum absolute atomic E-state index is 0.116. The van der Waals surface area contributed by atoms with E-state index in [1.165, 1.54) is 17.8 Å². The van der Waals surface area contributed by atoms with Gasteiger partial charge in [0.15, 0.2) is 5.69 Å². The highest BCUT2D eigenvalue weighted by Crippen LogP contribution is 2.41. The SMILES string of the molecule is Cc1ccc(CN2CCC3(CCN(C(=O)n4ccc(C(=O)O)n4)CC3)C2)cc1Cl. The van der Waals surface area contributed by atoms with Crippen molar-refractivity contribution in [3.63, 3.8) is 0 Å². The van der Waals surface area contributed by atoms with Gasteiger partial charge >= 0.3 is 12.0 Å². The van der Waals surface area contributed by atoms with Crippen LogP contribution in [0.3, 0.4) is 0 Å². The topological polar surface area (TPSA) is 78.7 Å². The second-order valence-electron chi connectivity index (χ2n) is 8.26. The molecule has 3 heterocycles. The molecule has 1 aromatic heterocycles. The number of rotatable bonds is 3. The first-order valence-electron chi connectivity index (χ1n) is 9.91. The van der Waals surface area contributed by atoms with Gasteiger partial charge in [-0.15, -0.1) is 0 Å². The van der Waals surface area contributed by atoms with Gasteiger partial charge in [0, 0.05) is 37.4 Å². The fraction of sp³-hybridized carbons (Fsp3) is 0.476. The van der Waals surface area contributed by atoms with Crippen LogP contribution in [-0.4, -0.2) is 62.9 Å². The summed E-state index contributed by atoms with van der Waals surface area (Å²) in [5, 5.41) is 13.6. The van der Waals surface area contributed by atoms with Crippen LogP contribution in [0.5, 0.6) is 0 Å². The predicted molar refractivity (Wildman–Crippen MR) is 109 cm³/mol. The summed E-state index contributed by atoms with van der Waals surface area (Å²) in [5.41, 5.74) is 2.47. The molecule has 154 valence electrons. The third kappa shape index (κ3) is 4.16. The van der Waals surface area contributed by atoms with E-state index in [0.29, 0.717) is 13.1 Å². The van der Waals surface area contributed by atoms with E-state index in [-0.39, 0.29) is 17.1 Å². The molecule has 2 fully saturated rings. The number of carboxylic acids is 1. The lowest BCUT2D eigenvalue weighted by Gasteiger charge is -2.39. The summed E-state index contributed by atoms with van der Waals surface area (Å²) in [6.45, 7) is 6.34. The molecule has 0 unspecified atom stereocenters. The van der Waals surface area contributed by atoms with Crippen LogP contribution in [0.25, 0.3) is 0 Å². The van der Waals surface area contributed by atoms with Crippen molar-refractivity contribution in [3.05, 3.63) is 52.3 Å². The molecule has 0 radical (unpaired) electrons. The number of benzene rings is 1. The fourth-order valence-electron chi connectivity index (χ4n) is 4.43. The van der Waals surface area contributed by atoms with E-state index in [0.717, 1.165) is 54.2 Å². The third-order valence-corrected chi connectivity index (χ3v) is 6.67. The van der Waals surface area contributed by atoms with Crippen molar-refractivity contribution >= 4 is 23.6 Å². The molecule has 1 spiro atoms. The summed E-state index contributed by atoms with van der Waals surface area (Å²) in [7, 11) is 0. The molecule has 4 rings (SSSR count). The maximum atomic E-state index is 12.6. The zero-order chi connectivity index (χ0) is 20.6. The van der Waals surface area contributed by atoms with Crippen LogP contribution in [0.4, 0.5) is 4.79 Å². The molecule has 29 heavy (non-hydrogen) atoms. The standard InChI is InChI=1S/C21H25ClN4O3/c1-15-2-3-16(12-17(15)22)13-24-9-5-21(14-24)6-10-25(11-7-21)20(29)26-8-4-18(23-26)19(27)28/h2-4,8,12H,5-7,9-11,13-14H2,1H3,(H,27,28). The number of likely N-dealkylation sites (tertiary alicyclic amines) is 2. The van der Waals surface area contributed by atoms with Gasteiger partial charge in [0.1, 0.15) is 0 Å². The highest BCUT2D eigenvalue weighted by Gasteiger charge is 2.41. The molecule has 1 N–H and O–H groups in total. The van der Waals surface area contributed by atoms with E-state index in [4.69, 9.17) is 16.7 Å². The molecular formula is C21H25ClN4O3. The Bertz CT molecular complexity index is 934. The second-order valence-corrected chi connectivity index (χ2v) is 8.67. The van der Waals surface area contributed by atoms with Crippen molar-refractivity contribution in [2.75, 3.05) is 26.2 Å². The smallest absolute Gasteiger partial charge is 0.356 e. The lowest BCUT2D eigenvalue weighted by molar-refractivity contribution is 0.0689. The Labute approximate surface area is 174 Å². The van der Waals surface area contributed by atoms with E-state index in [9.17, 15) is 9.59 Å². The number of aromatic nitrogens is 2. The number of hydrogen-bond acceptors (Lipinski definition) is 4. The Balaban J connectivity index is 1.33. The largest absolute Gasteiger partial charge is 0.476 e. The molecule has 0 atom stereocenters. The van der Waals surface area contributed by atoms with E-state index >= 15 is 0 Å². The highest BCUT2D eigenvalue weighted by molar-refractivity contribution is 6.31. The Hall–Kier alpha value is -2.38. The number of hydrogen-bond donors (Lipinski definition) is 1. The average molecular weight is 417 g/mol. The molecule has 2 saturated heterocycles. The third-order valence-electron chi connectivity index (χ3n) is 6.26. The van der Waals surface area contributed by atoms with E-state index < -0.39 is 5.97 Å². The van der Waals surface area contributed by atoms with Crippen LogP contribution in [0.15, 0.2) is 30.5 Å². The van der Waals surface area contributed by atoms with Crippen molar-refractivity contribution in [2.24, 2.45) is 5.41 Å². The molecule has 0 aliphatic carbocycles. The Morgan fingerprint density at radius 3 is 2.55 bits per heavy atom. The molecule has 1 amide bonds. The van der Waals surface area contributed by atoms with Gasteiger partial charge in [-0.3, -0.25) is 4.90 Å². The minimum atomic E-state index is -1.13. The van der Waals surface area contributed by atoms with Gasteiger partial charge in [-0.1, -0.05) is 23.7 Å². The lowest BCUT2D eigenvalue weighted by atomic mass is 9.78. The molecule has 2 aromatic rings. The molecule has 1 aromatic carbocycles. The van der Waals surface area contributed by atoms with Gasteiger partial charge in [0.05, 0.1) is 0 Å². The molecule has 8 heteroatoms. The second kappa shape index (κ2) is 7.80. The van der Waals surface area contributed by atoms with Gasteiger partial charge in [-0.05, 0) is 61.4 Å². The van der Waals surface area contributed by atoms with Crippen molar-refractivity contribution in [3.8, 4) is 0 Å². The van der Waals surface area contributed by atoms with Crippen LogP contribution in [-0.2, 0) is 6.54 Å². The Morgan fingerprint density at radius 1 is 1.17 bits per heavy atom. The van der Waals surface area contributed by atoms with Crippen LogP contribution in [0.2, 0.25) is 5.02 Å². The number of carboxylic acid groups (broad SMARTS) is 1. The molecule has 0 saturated carbocycles. The van der Waals surface area contributed by atoms with E-state index in [2.05, 4.69) is 28.2 Å². The summed E-state index contributed by atoms with van der Waals surface area (Å²) in [4.78, 5) is 27.8. The zero-order valence-electron chi connectivity index (χ0n) is 16.5. The maximum Gasteiger partial charge on any atom is 0.356 e. The normalized spacial score (nSPS) is 19.0. The Kier molecular flexibility index (Phi) is 5.36. The average Bonchev–Trinajstić information content (AvgIpc) is 3.33. The van der Waals surface area contributed by atoms with Crippen molar-refractivity contribution in [1.82, 2.24) is 19.6 Å². The van der Waals surface area contributed by atoms with Crippen molar-refractivity contribution < 1.29 is 14.7 Å². The molecule has 0 bridgehead atoms. The summed E-state index contributed by atoms with van der Waals surface area (Å²) in [6, 6.07) is 7.36. The monoisotopic (exact) mass is 416 g/mol. The van der Waals surface area contributed by atoms with Gasteiger partial charge in [-0.25, -0.2) is 9.59 Å². The summed E-state index contributed by atoms with van der Waals surface area (Å²) in [6.07, 6.45) is 4.47. The van der Waals surface area contributed by atoms with Gasteiger partial charge < -0.3 is 10.0 Å². The van der Waals surface area contributed by atoms with Crippen molar-refractivity contribution in [1.29, 1.82) is 0 Å². The summed E-state index contributed by atoms with van der Waals surface area (Å²) in [5.74, 6) is -1.13. The summed E-state index contributed by atoms with van der Waals surface area (Å²) < 4.78 is 1.13. The van der Waals surface area contributed by atoms with Gasteiger partial charge in [0.2, 0.25) is 0 Å². The number of aromatic carboxylic acids is 1. The number of halogens is 1. The summed E-state index contributed by atoms with van der Waals surface area (Å²) >= 11 is 6.26. The number of nitrogens with zero attached hydrogens (tertiary/aromatic N) is 4. The van der Waals surface area contributed by atoms with Crippen LogP contribution in [0.1, 0.15) is 40.9 Å². The lowest BCUT2D eigenvalue weighted by Crippen LogP contribution is -2.45. The number of carbonyl (C=O) groups excluding carboxylic acids is 1. The maximum absolute atomic E-state index is 12.6. The first-order valence-corrected chi connectivity index (χ1v) is 10.3. The molecule has 7 nitrogen and oxygen atoms in total. The number of aryl methyl sites for hydroxylation is 1. The predicted octanol–water partition coefficient (Wildman–Crippen LogP) is 3.50. The number of piperidine rings is 1. The number of carbonyl (C=O) groups is 2. The van der Waals surface area contributed by atoms with Crippen LogP contribution < -0.4 is 0 Å². The Morgan fingerprint density at radius 2 is 1.90 bits per heavy atom. The minimum Gasteiger partial charge on any atom is -0.476 e. The van der Waals surface area contributed by atoms with Crippen LogP contribution in [0, 0.1) is 12.3 Å². The highest BCUT2D eigenvalue weighted by atomic mass is 35.5. The fourth-order valence-corrected chi connectivity index (χ4v) is 4.63. The van der Waals surface area contributed by atoms with Crippen LogP contribution >= 0.6 is 11.6 Å². The van der Waals surface area contributed by atoms with E-state index in [1.807, 2.05) is 6.92 Å². The molecule has 2 aliphatic rings. The van der Waals surface area contributed by atoms with E-state index in [1.54, 1.807) is 4.90 Å². The van der Waals surface area contributed by atoms with Crippen molar-refractivity contribution in [2.45, 2.75) is 32.7 Å². The first kappa shape index (κ1) is 19.9. The first-order chi connectivity index (χ1) is 13.8. The van der Waals surface area contributed by atoms with Gasteiger partial charge in [-0.2, -0.15) is 9.78 Å². The molecular weight excluding hydrogens is 392 g/mol. The zero-order valence-corrected chi connectivity index (χ0v) is 17.2. The molecule has 2 aliphatic heterocycles. The van der Waals surface area contributed by atoms with Gasteiger partial charge in [0.25, 0.3) is 0 Å². The number of amides is 1.